The van der Waals surface area contributed by atoms with Crippen LogP contribution in [0.4, 0.5) is 34.1 Å². The topological polar surface area (TPSA) is 54.1 Å². The van der Waals surface area contributed by atoms with E-state index in [9.17, 15) is 10.5 Å². The quantitative estimate of drug-likeness (QED) is 0.161. The van der Waals surface area contributed by atoms with Crippen LogP contribution in [-0.2, 0) is 0 Å². The summed E-state index contributed by atoms with van der Waals surface area (Å²) in [6.07, 6.45) is 0. The number of hydrogen-bond acceptors (Lipinski definition) is 4. The molecule has 0 aromatic heterocycles. The standard InChI is InChI=1S/C52H32N4/c53-33-35-16-22-41(23-17-35)55(43-26-20-37-8-1-3-10-39(37)30-43)51-15-7-14-46-49(51)29-28-47-45-12-5-6-13-48(45)52(32-50(46)47)56(42-24-18-36(34-54)19-25-42)44-27-21-38-9-2-4-11-40(38)31-44/h1-32H. The lowest BCUT2D eigenvalue weighted by molar-refractivity contribution is 1.30. The molecule has 0 saturated carbocycles. The average molecular weight is 713 g/mol. The van der Waals surface area contributed by atoms with Gasteiger partial charge in [0.25, 0.3) is 0 Å². The van der Waals surface area contributed by atoms with E-state index in [1.54, 1.807) is 0 Å². The molecule has 260 valence electrons. The molecule has 10 aromatic carbocycles. The maximum absolute atomic E-state index is 9.68. The molecule has 0 bridgehead atoms. The van der Waals surface area contributed by atoms with Gasteiger partial charge >= 0.3 is 0 Å². The van der Waals surface area contributed by atoms with Crippen LogP contribution in [0, 0.1) is 22.7 Å². The fraction of sp³-hybridized carbons (Fsp3) is 0. The van der Waals surface area contributed by atoms with Gasteiger partial charge in [-0.15, -0.1) is 0 Å². The van der Waals surface area contributed by atoms with Crippen molar-refractivity contribution in [1.82, 2.24) is 0 Å². The maximum Gasteiger partial charge on any atom is 0.0991 e. The van der Waals surface area contributed by atoms with Crippen LogP contribution < -0.4 is 9.80 Å². The summed E-state index contributed by atoms with van der Waals surface area (Å²) in [6, 6.07) is 72.3. The number of fused-ring (bicyclic) bond motifs is 7. The molecule has 10 rings (SSSR count). The molecule has 0 saturated heterocycles. The van der Waals surface area contributed by atoms with Gasteiger partial charge in [-0.05, 0) is 128 Å². The van der Waals surface area contributed by atoms with E-state index in [-0.39, 0.29) is 0 Å². The highest BCUT2D eigenvalue weighted by Gasteiger charge is 2.21. The van der Waals surface area contributed by atoms with Crippen molar-refractivity contribution in [1.29, 1.82) is 10.5 Å². The fourth-order valence-electron chi connectivity index (χ4n) is 8.15. The predicted octanol–water partition coefficient (Wildman–Crippen LogP) is 14.1. The third-order valence-electron chi connectivity index (χ3n) is 10.8. The average Bonchev–Trinajstić information content (AvgIpc) is 3.27. The van der Waals surface area contributed by atoms with Crippen molar-refractivity contribution in [2.45, 2.75) is 0 Å². The first-order valence-corrected chi connectivity index (χ1v) is 18.6. The van der Waals surface area contributed by atoms with Crippen molar-refractivity contribution in [3.05, 3.63) is 205 Å². The molecule has 56 heavy (non-hydrogen) atoms. The van der Waals surface area contributed by atoms with E-state index in [1.165, 1.54) is 16.2 Å². The molecule has 0 aliphatic heterocycles. The Bertz CT molecular complexity index is 3220. The van der Waals surface area contributed by atoms with Gasteiger partial charge in [0, 0.05) is 33.5 Å². The van der Waals surface area contributed by atoms with Gasteiger partial charge in [-0.1, -0.05) is 109 Å². The van der Waals surface area contributed by atoms with Crippen LogP contribution in [0.2, 0.25) is 0 Å². The van der Waals surface area contributed by atoms with Gasteiger partial charge < -0.3 is 9.80 Å². The minimum Gasteiger partial charge on any atom is -0.310 e. The molecule has 0 amide bonds. The van der Waals surface area contributed by atoms with E-state index in [4.69, 9.17) is 0 Å². The third-order valence-corrected chi connectivity index (χ3v) is 10.8. The second kappa shape index (κ2) is 13.5. The third kappa shape index (κ3) is 5.53. The second-order valence-corrected chi connectivity index (χ2v) is 14.0. The Hall–Kier alpha value is -7.92. The molecule has 10 aromatic rings. The van der Waals surface area contributed by atoms with Gasteiger partial charge in [-0.3, -0.25) is 0 Å². The highest BCUT2D eigenvalue weighted by Crippen LogP contribution is 2.46. The summed E-state index contributed by atoms with van der Waals surface area (Å²) in [5.74, 6) is 0. The highest BCUT2D eigenvalue weighted by molar-refractivity contribution is 6.23. The number of rotatable bonds is 6. The van der Waals surface area contributed by atoms with Crippen molar-refractivity contribution in [2.75, 3.05) is 9.80 Å². The van der Waals surface area contributed by atoms with Crippen LogP contribution in [0.5, 0.6) is 0 Å². The van der Waals surface area contributed by atoms with Crippen molar-refractivity contribution in [3.63, 3.8) is 0 Å². The molecule has 0 aliphatic carbocycles. The molecule has 0 heterocycles. The lowest BCUT2D eigenvalue weighted by atomic mass is 9.94. The van der Waals surface area contributed by atoms with E-state index in [2.05, 4.69) is 168 Å². The summed E-state index contributed by atoms with van der Waals surface area (Å²) in [4.78, 5) is 4.61. The number of benzene rings is 10. The summed E-state index contributed by atoms with van der Waals surface area (Å²) in [5, 5.41) is 30.8. The van der Waals surface area contributed by atoms with E-state index >= 15 is 0 Å². The van der Waals surface area contributed by atoms with Crippen LogP contribution in [0.25, 0.3) is 53.9 Å². The summed E-state index contributed by atoms with van der Waals surface area (Å²) in [6.45, 7) is 0. The van der Waals surface area contributed by atoms with Crippen molar-refractivity contribution in [2.24, 2.45) is 0 Å². The Balaban J connectivity index is 1.24. The highest BCUT2D eigenvalue weighted by atomic mass is 15.1. The lowest BCUT2D eigenvalue weighted by Gasteiger charge is -2.29. The second-order valence-electron chi connectivity index (χ2n) is 14.0. The van der Waals surface area contributed by atoms with Crippen LogP contribution in [0.1, 0.15) is 11.1 Å². The molecular formula is C52H32N4. The molecule has 0 spiro atoms. The Morgan fingerprint density at radius 2 is 0.696 bits per heavy atom. The molecule has 0 fully saturated rings. The molecule has 0 atom stereocenters. The summed E-state index contributed by atoms with van der Waals surface area (Å²) in [5.41, 5.74) is 7.32. The van der Waals surface area contributed by atoms with Crippen molar-refractivity contribution >= 4 is 88.0 Å². The number of nitriles is 2. The SMILES string of the molecule is N#Cc1ccc(N(c2ccc3ccccc3c2)c2cc3c4cccc(N(c5ccc(C#N)cc5)c5ccc6ccccc6c5)c4ccc3c3ccccc23)cc1. The molecule has 0 aliphatic rings. The number of anilines is 6. The predicted molar refractivity (Wildman–Crippen MR) is 233 cm³/mol. The largest absolute Gasteiger partial charge is 0.310 e. The molecule has 0 radical (unpaired) electrons. The van der Waals surface area contributed by atoms with E-state index in [0.717, 1.165) is 71.8 Å². The van der Waals surface area contributed by atoms with Crippen LogP contribution >= 0.6 is 0 Å². The summed E-state index contributed by atoms with van der Waals surface area (Å²) < 4.78 is 0. The van der Waals surface area contributed by atoms with Gasteiger partial charge in [-0.25, -0.2) is 0 Å². The van der Waals surface area contributed by atoms with Gasteiger partial charge in [0.05, 0.1) is 34.6 Å². The lowest BCUT2D eigenvalue weighted by Crippen LogP contribution is -2.11. The monoisotopic (exact) mass is 712 g/mol. The number of nitrogens with zero attached hydrogens (tertiary/aromatic N) is 4. The van der Waals surface area contributed by atoms with Crippen LogP contribution in [-0.4, -0.2) is 0 Å². The van der Waals surface area contributed by atoms with E-state index in [1.807, 2.05) is 48.5 Å². The summed E-state index contributed by atoms with van der Waals surface area (Å²) >= 11 is 0. The smallest absolute Gasteiger partial charge is 0.0991 e. The van der Waals surface area contributed by atoms with Gasteiger partial charge in [-0.2, -0.15) is 10.5 Å². The van der Waals surface area contributed by atoms with Crippen LogP contribution in [0.3, 0.4) is 0 Å². The molecular weight excluding hydrogens is 681 g/mol. The molecule has 0 unspecified atom stereocenters. The maximum atomic E-state index is 9.68. The van der Waals surface area contributed by atoms with Crippen molar-refractivity contribution < 1.29 is 0 Å². The summed E-state index contributed by atoms with van der Waals surface area (Å²) in [7, 11) is 0. The Kier molecular flexibility index (Phi) is 7.88. The minimum atomic E-state index is 0.618. The normalized spacial score (nSPS) is 11.2. The van der Waals surface area contributed by atoms with Gasteiger partial charge in [0.2, 0.25) is 0 Å². The Morgan fingerprint density at radius 1 is 0.286 bits per heavy atom. The first-order valence-electron chi connectivity index (χ1n) is 18.6. The van der Waals surface area contributed by atoms with Crippen LogP contribution in [0.15, 0.2) is 194 Å². The zero-order valence-corrected chi connectivity index (χ0v) is 30.3. The van der Waals surface area contributed by atoms with Gasteiger partial charge in [0.1, 0.15) is 0 Å². The van der Waals surface area contributed by atoms with E-state index < -0.39 is 0 Å². The van der Waals surface area contributed by atoms with Gasteiger partial charge in [0.15, 0.2) is 0 Å². The Morgan fingerprint density at radius 3 is 1.27 bits per heavy atom. The fourth-order valence-corrected chi connectivity index (χ4v) is 8.15. The number of hydrogen-bond donors (Lipinski definition) is 0. The first kappa shape index (κ1) is 32.7. The first-order chi connectivity index (χ1) is 27.7. The minimum absolute atomic E-state index is 0.618. The molecule has 4 nitrogen and oxygen atoms in total. The zero-order chi connectivity index (χ0) is 37.6. The van der Waals surface area contributed by atoms with E-state index in [0.29, 0.717) is 11.1 Å². The van der Waals surface area contributed by atoms with Crippen molar-refractivity contribution in [3.8, 4) is 12.1 Å². The Labute approximate surface area is 324 Å². The molecule has 0 N–H and O–H groups in total. The molecule has 4 heteroatoms. The zero-order valence-electron chi connectivity index (χ0n) is 30.3.